The number of benzene rings is 1. The summed E-state index contributed by atoms with van der Waals surface area (Å²) in [5.74, 6) is 0.171. The van der Waals surface area contributed by atoms with Crippen LogP contribution in [0, 0.1) is 0 Å². The third-order valence-electron chi connectivity index (χ3n) is 5.86. The Labute approximate surface area is 188 Å². The summed E-state index contributed by atoms with van der Waals surface area (Å²) in [7, 11) is 3.68. The summed E-state index contributed by atoms with van der Waals surface area (Å²) in [5.41, 5.74) is 3.37. The smallest absolute Gasteiger partial charge is 0.226 e. The zero-order chi connectivity index (χ0) is 22.5. The minimum atomic E-state index is -1.81. The van der Waals surface area contributed by atoms with Gasteiger partial charge in [-0.05, 0) is 74.3 Å². The topological polar surface area (TPSA) is 29.5 Å². The normalized spacial score (nSPS) is 12.9. The maximum Gasteiger partial charge on any atom is 0.226 e. The average molecular weight is 456 g/mol. The van der Waals surface area contributed by atoms with Crippen LogP contribution in [0.3, 0.4) is 0 Å². The predicted molar refractivity (Wildman–Crippen MR) is 136 cm³/mol. The molecule has 0 aliphatic rings. The first-order valence-electron chi connectivity index (χ1n) is 10.5. The quantitative estimate of drug-likeness (QED) is 0.273. The highest BCUT2D eigenvalue weighted by Gasteiger charge is 2.37. The molecule has 0 spiro atoms. The molecule has 3 nitrogen and oxygen atoms in total. The van der Waals surface area contributed by atoms with E-state index < -0.39 is 8.32 Å². The Balaban J connectivity index is 2.93. The summed E-state index contributed by atoms with van der Waals surface area (Å²) < 4.78 is 6.52. The van der Waals surface area contributed by atoms with Crippen LogP contribution in [0.1, 0.15) is 65.5 Å². The second-order valence-electron chi connectivity index (χ2n) is 9.87. The van der Waals surface area contributed by atoms with Gasteiger partial charge in [0.15, 0.2) is 8.32 Å². The van der Waals surface area contributed by atoms with E-state index >= 15 is 0 Å². The van der Waals surface area contributed by atoms with E-state index in [1.165, 1.54) is 5.56 Å². The van der Waals surface area contributed by atoms with Gasteiger partial charge in [0.1, 0.15) is 0 Å². The molecule has 0 radical (unpaired) electrons. The molecule has 166 valence electrons. The van der Waals surface area contributed by atoms with Gasteiger partial charge in [-0.25, -0.2) is 0 Å². The molecule has 1 aromatic rings. The van der Waals surface area contributed by atoms with Crippen molar-refractivity contribution in [3.8, 4) is 0 Å². The van der Waals surface area contributed by atoms with E-state index in [1.807, 2.05) is 22.7 Å². The lowest BCUT2D eigenvalue weighted by Gasteiger charge is -2.36. The van der Waals surface area contributed by atoms with Gasteiger partial charge in [0.05, 0.1) is 6.61 Å². The van der Waals surface area contributed by atoms with Gasteiger partial charge < -0.3 is 9.33 Å². The molecule has 0 atom stereocenters. The van der Waals surface area contributed by atoms with Crippen molar-refractivity contribution in [2.45, 2.75) is 90.3 Å². The number of anilines is 1. The Morgan fingerprint density at radius 3 is 2.21 bits per heavy atom. The Hall–Kier alpha value is -0.433. The van der Waals surface area contributed by atoms with Gasteiger partial charge in [0, 0.05) is 23.9 Å². The summed E-state index contributed by atoms with van der Waals surface area (Å²) in [4.78, 5) is 14.7. The van der Waals surface area contributed by atoms with Crippen molar-refractivity contribution in [1.29, 1.82) is 0 Å². The molecule has 0 saturated carbocycles. The predicted octanol–water partition coefficient (Wildman–Crippen LogP) is 7.30. The number of aryl methyl sites for hydroxylation is 1. The number of hydrogen-bond acceptors (Lipinski definition) is 4. The third kappa shape index (κ3) is 8.31. The lowest BCUT2D eigenvalue weighted by atomic mass is 10.0. The summed E-state index contributed by atoms with van der Waals surface area (Å²) in [6, 6.07) is 6.47. The van der Waals surface area contributed by atoms with E-state index in [0.717, 1.165) is 24.1 Å². The van der Waals surface area contributed by atoms with Crippen LogP contribution in [0.2, 0.25) is 18.1 Å². The van der Waals surface area contributed by atoms with Gasteiger partial charge >= 0.3 is 0 Å². The summed E-state index contributed by atoms with van der Waals surface area (Å²) >= 11 is 0. The van der Waals surface area contributed by atoms with Crippen LogP contribution in [0.5, 0.6) is 0 Å². The fraction of sp³-hybridized carbons (Fsp3) is 0.696. The molecular weight excluding hydrogens is 414 g/mol. The molecule has 0 saturated heterocycles. The molecule has 0 aromatic heterocycles. The third-order valence-corrected chi connectivity index (χ3v) is 13.0. The number of amides is 1. The number of carbonyl (C=O) groups is 1. The van der Waals surface area contributed by atoms with Crippen molar-refractivity contribution in [3.05, 3.63) is 29.3 Å². The molecular formula is C23H41NO2S2Si. The first kappa shape index (κ1) is 26.6. The standard InChI is InChI=1S/C23H41NO2S2Si/c1-11-18-14-19(17-26-29(9,10)22(2,3)4)16-20(15-18)24(7)21(25)12-13-23(5,6)28-27-8/h14-16H,11-13,17H2,1-10H3. The highest BCUT2D eigenvalue weighted by molar-refractivity contribution is 8.76. The fourth-order valence-electron chi connectivity index (χ4n) is 2.69. The molecule has 1 rings (SSSR count). The number of carbonyl (C=O) groups excluding carboxylic acids is 1. The fourth-order valence-corrected chi connectivity index (χ4v) is 5.89. The Morgan fingerprint density at radius 2 is 1.69 bits per heavy atom. The number of hydrogen-bond donors (Lipinski definition) is 0. The zero-order valence-electron chi connectivity index (χ0n) is 20.1. The highest BCUT2D eigenvalue weighted by Crippen LogP contribution is 2.38. The van der Waals surface area contributed by atoms with Crippen molar-refractivity contribution >= 4 is 41.5 Å². The molecule has 0 heterocycles. The Bertz CT molecular complexity index is 684. The molecule has 1 amide bonds. The van der Waals surface area contributed by atoms with Crippen LogP contribution >= 0.6 is 21.6 Å². The molecule has 6 heteroatoms. The number of nitrogens with zero attached hydrogens (tertiary/aromatic N) is 1. The van der Waals surface area contributed by atoms with Crippen molar-refractivity contribution in [1.82, 2.24) is 0 Å². The average Bonchev–Trinajstić information content (AvgIpc) is 2.62. The molecule has 0 unspecified atom stereocenters. The second kappa shape index (κ2) is 10.7. The maximum absolute atomic E-state index is 12.8. The Kier molecular flexibility index (Phi) is 9.85. The van der Waals surface area contributed by atoms with Crippen LogP contribution in [0.4, 0.5) is 5.69 Å². The van der Waals surface area contributed by atoms with Crippen LogP contribution in [-0.4, -0.2) is 32.3 Å². The Morgan fingerprint density at radius 1 is 1.10 bits per heavy atom. The first-order chi connectivity index (χ1) is 13.2. The van der Waals surface area contributed by atoms with E-state index in [9.17, 15) is 4.79 Å². The largest absolute Gasteiger partial charge is 0.413 e. The van der Waals surface area contributed by atoms with E-state index in [2.05, 4.69) is 79.1 Å². The van der Waals surface area contributed by atoms with E-state index in [1.54, 1.807) is 10.8 Å². The van der Waals surface area contributed by atoms with Gasteiger partial charge in [-0.2, -0.15) is 0 Å². The molecule has 0 N–H and O–H groups in total. The van der Waals surface area contributed by atoms with Crippen LogP contribution < -0.4 is 4.90 Å². The second-order valence-corrected chi connectivity index (χ2v) is 17.8. The van der Waals surface area contributed by atoms with Crippen molar-refractivity contribution in [2.75, 3.05) is 18.2 Å². The minimum Gasteiger partial charge on any atom is -0.413 e. The minimum absolute atomic E-state index is 0.101. The zero-order valence-corrected chi connectivity index (χ0v) is 22.8. The van der Waals surface area contributed by atoms with Crippen molar-refractivity contribution < 1.29 is 9.22 Å². The summed E-state index contributed by atoms with van der Waals surface area (Å²) in [6.07, 6.45) is 4.46. The lowest BCUT2D eigenvalue weighted by molar-refractivity contribution is -0.118. The molecule has 0 aliphatic carbocycles. The van der Waals surface area contributed by atoms with Crippen LogP contribution in [0.15, 0.2) is 18.2 Å². The van der Waals surface area contributed by atoms with Gasteiger partial charge in [0.25, 0.3) is 0 Å². The highest BCUT2D eigenvalue weighted by atomic mass is 33.1. The molecule has 29 heavy (non-hydrogen) atoms. The first-order valence-corrected chi connectivity index (χ1v) is 15.9. The van der Waals surface area contributed by atoms with Gasteiger partial charge in [0.2, 0.25) is 5.91 Å². The van der Waals surface area contributed by atoms with E-state index in [4.69, 9.17) is 4.43 Å². The van der Waals surface area contributed by atoms with Crippen LogP contribution in [0.25, 0.3) is 0 Å². The van der Waals surface area contributed by atoms with Gasteiger partial charge in [-0.3, -0.25) is 4.79 Å². The van der Waals surface area contributed by atoms with Gasteiger partial charge in [-0.15, -0.1) is 0 Å². The van der Waals surface area contributed by atoms with E-state index in [-0.39, 0.29) is 15.7 Å². The van der Waals surface area contributed by atoms with Crippen molar-refractivity contribution in [3.63, 3.8) is 0 Å². The van der Waals surface area contributed by atoms with Crippen LogP contribution in [-0.2, 0) is 22.2 Å². The lowest BCUT2D eigenvalue weighted by Crippen LogP contribution is -2.40. The summed E-state index contributed by atoms with van der Waals surface area (Å²) in [5, 5.41) is 0.187. The molecule has 0 bridgehead atoms. The van der Waals surface area contributed by atoms with Gasteiger partial charge in [-0.1, -0.05) is 55.3 Å². The molecule has 1 aromatic carbocycles. The van der Waals surface area contributed by atoms with Crippen molar-refractivity contribution in [2.24, 2.45) is 0 Å². The molecule has 0 fully saturated rings. The maximum atomic E-state index is 12.8. The number of rotatable bonds is 10. The summed E-state index contributed by atoms with van der Waals surface area (Å²) in [6.45, 7) is 18.5. The monoisotopic (exact) mass is 455 g/mol. The SMILES string of the molecule is CCc1cc(CO[Si](C)(C)C(C)(C)C)cc(N(C)C(=O)CCC(C)(C)SSC)c1. The van der Waals surface area contributed by atoms with E-state index in [0.29, 0.717) is 13.0 Å². The molecule has 0 aliphatic heterocycles.